The van der Waals surface area contributed by atoms with Crippen molar-refractivity contribution in [1.82, 2.24) is 9.80 Å². The highest BCUT2D eigenvalue weighted by atomic mass is 35.5. The summed E-state index contributed by atoms with van der Waals surface area (Å²) in [6.45, 7) is 7.89. The molecule has 4 atom stereocenters. The van der Waals surface area contributed by atoms with E-state index in [1.807, 2.05) is 33.0 Å². The minimum Gasteiger partial charge on any atom is -0.490 e. The number of carbonyl (C=O) groups is 2. The number of hydrogen-bond donors (Lipinski definition) is 3. The summed E-state index contributed by atoms with van der Waals surface area (Å²) in [5.41, 5.74) is 2.24. The largest absolute Gasteiger partial charge is 0.490 e. The van der Waals surface area contributed by atoms with Crippen molar-refractivity contribution < 1.29 is 33.6 Å². The first-order valence-electron chi connectivity index (χ1n) is 16.9. The Morgan fingerprint density at radius 2 is 1.70 bits per heavy atom. The Balaban J connectivity index is 1.36. The molecule has 5 rings (SSSR count). The average Bonchev–Trinajstić information content (AvgIpc) is 3.55. The lowest BCUT2D eigenvalue weighted by atomic mass is 10.0. The molecule has 2 aliphatic heterocycles. The smallest absolute Gasteiger partial charge is 0.323 e. The number of nitrogens with zero attached hydrogens (tertiary/aromatic N) is 2. The molecule has 13 heteroatoms. The van der Waals surface area contributed by atoms with Gasteiger partial charge in [-0.2, -0.15) is 0 Å². The third-order valence-electron chi connectivity index (χ3n) is 8.87. The minimum atomic E-state index is -0.497. The molecule has 3 aromatic rings. The fourth-order valence-corrected chi connectivity index (χ4v) is 6.37. The first-order valence-corrected chi connectivity index (χ1v) is 17.7. The summed E-state index contributed by atoms with van der Waals surface area (Å²) in [4.78, 5) is 31.3. The average molecular weight is 730 g/mol. The minimum absolute atomic E-state index is 0.0933. The van der Waals surface area contributed by atoms with E-state index in [-0.39, 0.29) is 43.0 Å². The van der Waals surface area contributed by atoms with Gasteiger partial charge in [-0.15, -0.1) is 0 Å². The summed E-state index contributed by atoms with van der Waals surface area (Å²) >= 11 is 12.4. The van der Waals surface area contributed by atoms with E-state index >= 15 is 0 Å². The zero-order chi connectivity index (χ0) is 35.8. The van der Waals surface area contributed by atoms with E-state index in [1.165, 1.54) is 0 Å². The molecule has 0 spiro atoms. The van der Waals surface area contributed by atoms with E-state index in [1.54, 1.807) is 47.4 Å². The maximum absolute atomic E-state index is 14.4. The van der Waals surface area contributed by atoms with Crippen LogP contribution in [-0.4, -0.2) is 85.2 Å². The summed E-state index contributed by atoms with van der Waals surface area (Å²) in [5, 5.41) is 16.9. The van der Waals surface area contributed by atoms with Crippen molar-refractivity contribution in [2.45, 2.75) is 64.8 Å². The molecule has 3 aromatic carbocycles. The van der Waals surface area contributed by atoms with Gasteiger partial charge in [-0.25, -0.2) is 4.79 Å². The van der Waals surface area contributed by atoms with E-state index in [9.17, 15) is 14.7 Å². The van der Waals surface area contributed by atoms with Gasteiger partial charge in [-0.3, -0.25) is 9.69 Å². The predicted molar refractivity (Wildman–Crippen MR) is 195 cm³/mol. The van der Waals surface area contributed by atoms with Crippen LogP contribution in [0, 0.1) is 5.92 Å². The van der Waals surface area contributed by atoms with Gasteiger partial charge in [0.1, 0.15) is 5.75 Å². The predicted octanol–water partition coefficient (Wildman–Crippen LogP) is 7.29. The molecular formula is C37H46Cl2N4O7. The second kappa shape index (κ2) is 17.5. The molecule has 0 fully saturated rings. The third kappa shape index (κ3) is 9.95. The number of carbonyl (C=O) groups excluding carboxylic acids is 2. The summed E-state index contributed by atoms with van der Waals surface area (Å²) in [6, 6.07) is 14.8. The van der Waals surface area contributed by atoms with Gasteiger partial charge in [0.05, 0.1) is 40.5 Å². The lowest BCUT2D eigenvalue weighted by Gasteiger charge is -2.36. The number of hydrogen-bond acceptors (Lipinski definition) is 8. The van der Waals surface area contributed by atoms with Gasteiger partial charge in [0, 0.05) is 49.6 Å². The van der Waals surface area contributed by atoms with Gasteiger partial charge in [-0.1, -0.05) is 36.2 Å². The van der Waals surface area contributed by atoms with Crippen LogP contribution < -0.4 is 24.8 Å². The number of anilines is 2. The zero-order valence-electron chi connectivity index (χ0n) is 28.9. The summed E-state index contributed by atoms with van der Waals surface area (Å²) in [5.74, 6) is 1.16. The van der Waals surface area contributed by atoms with Crippen LogP contribution in [0.25, 0.3) is 0 Å². The van der Waals surface area contributed by atoms with Crippen molar-refractivity contribution in [2.75, 3.05) is 50.8 Å². The van der Waals surface area contributed by atoms with Crippen molar-refractivity contribution in [3.05, 3.63) is 75.8 Å². The molecule has 3 N–H and O–H groups in total. The number of benzene rings is 3. The van der Waals surface area contributed by atoms with Crippen LogP contribution in [0.2, 0.25) is 10.0 Å². The van der Waals surface area contributed by atoms with Crippen molar-refractivity contribution >= 4 is 46.5 Å². The molecule has 0 unspecified atom stereocenters. The second-order valence-corrected chi connectivity index (χ2v) is 13.9. The molecule has 0 radical (unpaired) electrons. The van der Waals surface area contributed by atoms with Crippen LogP contribution >= 0.6 is 23.2 Å². The molecule has 11 nitrogen and oxygen atoms in total. The number of likely N-dealkylation sites (N-methyl/N-ethyl adjacent to an activating group) is 1. The molecule has 0 aromatic heterocycles. The van der Waals surface area contributed by atoms with Gasteiger partial charge in [0.2, 0.25) is 6.79 Å². The van der Waals surface area contributed by atoms with Crippen LogP contribution in [0.15, 0.2) is 54.6 Å². The summed E-state index contributed by atoms with van der Waals surface area (Å²) < 4.78 is 23.6. The maximum Gasteiger partial charge on any atom is 0.323 e. The number of rotatable bonds is 8. The van der Waals surface area contributed by atoms with Gasteiger partial charge in [0.15, 0.2) is 11.5 Å². The molecule has 3 amide bonds. The SMILES string of the molecule is C[C@@H]1CCCCO[C@@H](CN(C)Cc2ccc(Cl)c(Cl)c2)[C@@H](C)CN([C@@H](C)CO)C(=O)c2cc(NC(=O)Nc3ccc4c(c3)OCO4)ccc2O1. The highest BCUT2D eigenvalue weighted by molar-refractivity contribution is 6.42. The zero-order valence-corrected chi connectivity index (χ0v) is 30.4. The highest BCUT2D eigenvalue weighted by Gasteiger charge is 2.30. The lowest BCUT2D eigenvalue weighted by Crippen LogP contribution is -2.47. The van der Waals surface area contributed by atoms with Crippen molar-refractivity contribution in [3.63, 3.8) is 0 Å². The maximum atomic E-state index is 14.4. The number of halogens is 2. The molecule has 2 aliphatic rings. The summed E-state index contributed by atoms with van der Waals surface area (Å²) in [6.07, 6.45) is 2.14. The van der Waals surface area contributed by atoms with Gasteiger partial charge < -0.3 is 39.6 Å². The van der Waals surface area contributed by atoms with Gasteiger partial charge in [-0.05, 0) is 88.2 Å². The lowest BCUT2D eigenvalue weighted by molar-refractivity contribution is -0.0177. The van der Waals surface area contributed by atoms with Crippen LogP contribution in [0.1, 0.15) is 56.0 Å². The van der Waals surface area contributed by atoms with Crippen molar-refractivity contribution in [1.29, 1.82) is 0 Å². The first kappa shape index (κ1) is 37.5. The molecule has 270 valence electrons. The number of ether oxygens (including phenoxy) is 4. The van der Waals surface area contributed by atoms with E-state index in [2.05, 4.69) is 22.5 Å². The van der Waals surface area contributed by atoms with Crippen molar-refractivity contribution in [2.24, 2.45) is 5.92 Å². The molecule has 0 saturated carbocycles. The molecule has 2 heterocycles. The van der Waals surface area contributed by atoms with Crippen molar-refractivity contribution in [3.8, 4) is 17.2 Å². The van der Waals surface area contributed by atoms with E-state index in [0.29, 0.717) is 64.9 Å². The molecule has 0 saturated heterocycles. The number of amides is 3. The molecule has 0 bridgehead atoms. The van der Waals surface area contributed by atoms with E-state index < -0.39 is 12.1 Å². The third-order valence-corrected chi connectivity index (χ3v) is 9.61. The normalized spacial score (nSPS) is 20.4. The van der Waals surface area contributed by atoms with Gasteiger partial charge in [0.25, 0.3) is 5.91 Å². The second-order valence-electron chi connectivity index (χ2n) is 13.1. The Bertz CT molecular complexity index is 1640. The Labute approximate surface area is 303 Å². The molecule has 50 heavy (non-hydrogen) atoms. The van der Waals surface area contributed by atoms with E-state index in [4.69, 9.17) is 42.1 Å². The van der Waals surface area contributed by atoms with Crippen LogP contribution in [-0.2, 0) is 11.3 Å². The fraction of sp³-hybridized carbons (Fsp3) is 0.459. The Morgan fingerprint density at radius 3 is 2.44 bits per heavy atom. The quantitative estimate of drug-likeness (QED) is 0.221. The highest BCUT2D eigenvalue weighted by Crippen LogP contribution is 2.34. The Kier molecular flexibility index (Phi) is 13.1. The van der Waals surface area contributed by atoms with Crippen LogP contribution in [0.5, 0.6) is 17.2 Å². The number of aliphatic hydroxyl groups excluding tert-OH is 1. The van der Waals surface area contributed by atoms with Crippen LogP contribution in [0.4, 0.5) is 16.2 Å². The van der Waals surface area contributed by atoms with Crippen LogP contribution in [0.3, 0.4) is 0 Å². The van der Waals surface area contributed by atoms with Gasteiger partial charge >= 0.3 is 6.03 Å². The Hall–Kier alpha value is -3.74. The fourth-order valence-electron chi connectivity index (χ4n) is 6.05. The number of fused-ring (bicyclic) bond motifs is 2. The number of nitrogens with one attached hydrogen (secondary N) is 2. The summed E-state index contributed by atoms with van der Waals surface area (Å²) in [7, 11) is 2.02. The number of urea groups is 1. The molecule has 0 aliphatic carbocycles. The standard InChI is InChI=1S/C37H46Cl2N4O7/c1-23-18-43(24(2)21-44)36(45)29-16-27(40-37(46)41-28-10-13-33-34(17-28)49-22-48-33)9-12-32(29)50-25(3)7-5-6-14-47-35(23)20-42(4)19-26-8-11-30(38)31(39)15-26/h8-13,15-17,23-25,35,44H,5-7,14,18-22H2,1-4H3,(H2,40,41,46)/t23-,24-,25+,35-/m0/s1. The Morgan fingerprint density at radius 1 is 0.980 bits per heavy atom. The monoisotopic (exact) mass is 728 g/mol. The number of aliphatic hydroxyl groups is 1. The first-order chi connectivity index (χ1) is 24.0. The van der Waals surface area contributed by atoms with E-state index in [0.717, 1.165) is 24.8 Å². The molecular weight excluding hydrogens is 683 g/mol. The topological polar surface area (TPSA) is 122 Å².